The number of carbonyl (C=O) groups excluding carboxylic acids is 2. The third-order valence-electron chi connectivity index (χ3n) is 6.91. The molecule has 176 valence electrons. The van der Waals surface area contributed by atoms with Gasteiger partial charge in [0.25, 0.3) is 5.92 Å². The van der Waals surface area contributed by atoms with Crippen molar-refractivity contribution in [3.05, 3.63) is 64.7 Å². The fourth-order valence-electron chi connectivity index (χ4n) is 5.04. The highest BCUT2D eigenvalue weighted by Crippen LogP contribution is 2.45. The van der Waals surface area contributed by atoms with Crippen LogP contribution in [0.5, 0.6) is 5.75 Å². The quantitative estimate of drug-likeness (QED) is 0.512. The summed E-state index contributed by atoms with van der Waals surface area (Å²) in [5, 5.41) is 3.02. The van der Waals surface area contributed by atoms with Crippen LogP contribution >= 0.6 is 0 Å². The van der Waals surface area contributed by atoms with E-state index in [1.807, 2.05) is 43.3 Å². The molecule has 0 aliphatic carbocycles. The van der Waals surface area contributed by atoms with Gasteiger partial charge in [0.1, 0.15) is 11.9 Å². The zero-order valence-electron chi connectivity index (χ0n) is 19.2. The van der Waals surface area contributed by atoms with Crippen LogP contribution in [-0.4, -0.2) is 36.7 Å². The largest absolute Gasteiger partial charge is 0.489 e. The molecule has 0 spiro atoms. The number of nitrogens with one attached hydrogen (secondary N) is 1. The summed E-state index contributed by atoms with van der Waals surface area (Å²) in [5.41, 5.74) is 2.80. The average Bonchev–Trinajstić information content (AvgIpc) is 3.14. The minimum absolute atomic E-state index is 0.0743. The molecule has 0 saturated carbocycles. The van der Waals surface area contributed by atoms with Crippen molar-refractivity contribution in [1.29, 1.82) is 0 Å². The van der Waals surface area contributed by atoms with Gasteiger partial charge in [0.15, 0.2) is 11.6 Å². The Morgan fingerprint density at radius 3 is 2.61 bits per heavy atom. The molecule has 1 N–H and O–H groups in total. The molecule has 33 heavy (non-hydrogen) atoms. The Labute approximate surface area is 193 Å². The van der Waals surface area contributed by atoms with Crippen LogP contribution in [0, 0.1) is 5.92 Å². The molecule has 0 unspecified atom stereocenters. The van der Waals surface area contributed by atoms with Crippen molar-refractivity contribution >= 4 is 11.6 Å². The van der Waals surface area contributed by atoms with E-state index in [9.17, 15) is 18.4 Å². The molecule has 6 heteroatoms. The first-order valence-electron chi connectivity index (χ1n) is 11.9. The lowest BCUT2D eigenvalue weighted by molar-refractivity contribution is -0.0811. The number of alkyl halides is 2. The first kappa shape index (κ1) is 23.6. The van der Waals surface area contributed by atoms with E-state index in [4.69, 9.17) is 4.74 Å². The molecule has 0 radical (unpaired) electrons. The molecule has 4 rings (SSSR count). The maximum Gasteiger partial charge on any atom is 0.253 e. The van der Waals surface area contributed by atoms with Crippen molar-refractivity contribution in [3.63, 3.8) is 0 Å². The monoisotopic (exact) mass is 455 g/mol. The van der Waals surface area contributed by atoms with E-state index in [2.05, 4.69) is 5.32 Å². The number of Topliss-reactive ketones (excluding diaryl/α,β-unsaturated/α-hetero) is 2. The molecule has 3 atom stereocenters. The fourth-order valence-corrected chi connectivity index (χ4v) is 5.04. The van der Waals surface area contributed by atoms with Crippen molar-refractivity contribution in [2.45, 2.75) is 63.9 Å². The van der Waals surface area contributed by atoms with Gasteiger partial charge in [0, 0.05) is 55.3 Å². The van der Waals surface area contributed by atoms with Gasteiger partial charge in [-0.15, -0.1) is 0 Å². The Morgan fingerprint density at radius 1 is 1.15 bits per heavy atom. The van der Waals surface area contributed by atoms with Crippen molar-refractivity contribution in [2.24, 2.45) is 5.92 Å². The SMILES string of the molecule is CCC(=O)c1cc(C(=O)CCC[C@@H]2CNCCC2(F)F)cc2c1O[C@H](C)[C@H]2c1ccccc1. The fraction of sp³-hybridized carbons (Fsp3) is 0.481. The van der Waals surface area contributed by atoms with E-state index in [0.29, 0.717) is 42.7 Å². The molecule has 1 saturated heterocycles. The molecule has 1 fully saturated rings. The summed E-state index contributed by atoms with van der Waals surface area (Å²) in [6, 6.07) is 13.4. The molecular formula is C27H31F2NO3. The van der Waals surface area contributed by atoms with Crippen LogP contribution in [0.1, 0.15) is 83.7 Å². The van der Waals surface area contributed by atoms with Gasteiger partial charge in [-0.3, -0.25) is 9.59 Å². The molecule has 2 heterocycles. The number of carbonyl (C=O) groups is 2. The van der Waals surface area contributed by atoms with Gasteiger partial charge < -0.3 is 10.1 Å². The van der Waals surface area contributed by atoms with Crippen LogP contribution in [0.3, 0.4) is 0 Å². The number of halogens is 2. The Balaban J connectivity index is 1.58. The van der Waals surface area contributed by atoms with Gasteiger partial charge in [0.05, 0.1) is 5.56 Å². The number of piperidine rings is 1. The summed E-state index contributed by atoms with van der Waals surface area (Å²) >= 11 is 0. The number of hydrogen-bond acceptors (Lipinski definition) is 4. The van der Waals surface area contributed by atoms with Gasteiger partial charge in [-0.1, -0.05) is 37.3 Å². The van der Waals surface area contributed by atoms with Crippen molar-refractivity contribution in [2.75, 3.05) is 13.1 Å². The highest BCUT2D eigenvalue weighted by Gasteiger charge is 2.41. The lowest BCUT2D eigenvalue weighted by Crippen LogP contribution is -2.44. The molecule has 2 aromatic rings. The topological polar surface area (TPSA) is 55.4 Å². The van der Waals surface area contributed by atoms with Gasteiger partial charge in [-0.25, -0.2) is 8.78 Å². The highest BCUT2D eigenvalue weighted by molar-refractivity contribution is 6.04. The maximum atomic E-state index is 14.1. The van der Waals surface area contributed by atoms with Crippen LogP contribution < -0.4 is 10.1 Å². The standard InChI is InChI=1S/C27H31F2NO3/c1-3-23(31)21-14-19(24(32)11-7-10-20-16-30-13-12-27(20,28)29)15-22-25(17(2)33-26(21)22)18-8-5-4-6-9-18/h4-6,8-9,14-15,17,20,25,30H,3,7,10-13,16H2,1-2H3/t17-,20-,25+/m1/s1. The van der Waals surface area contributed by atoms with Crippen LogP contribution in [-0.2, 0) is 0 Å². The number of ether oxygens (including phenoxy) is 1. The predicted molar refractivity (Wildman–Crippen MR) is 124 cm³/mol. The lowest BCUT2D eigenvalue weighted by Gasteiger charge is -2.31. The van der Waals surface area contributed by atoms with E-state index in [1.165, 1.54) is 0 Å². The highest BCUT2D eigenvalue weighted by atomic mass is 19.3. The van der Waals surface area contributed by atoms with Crippen LogP contribution in [0.25, 0.3) is 0 Å². The first-order chi connectivity index (χ1) is 15.8. The van der Waals surface area contributed by atoms with E-state index in [-0.39, 0.29) is 43.0 Å². The van der Waals surface area contributed by atoms with E-state index >= 15 is 0 Å². The van der Waals surface area contributed by atoms with Crippen LogP contribution in [0.4, 0.5) is 8.78 Å². The summed E-state index contributed by atoms with van der Waals surface area (Å²) < 4.78 is 34.3. The van der Waals surface area contributed by atoms with E-state index in [0.717, 1.165) is 11.1 Å². The van der Waals surface area contributed by atoms with Gasteiger partial charge in [-0.2, -0.15) is 0 Å². The molecule has 4 nitrogen and oxygen atoms in total. The van der Waals surface area contributed by atoms with Gasteiger partial charge in [-0.05, 0) is 37.5 Å². The molecule has 2 aromatic carbocycles. The Bertz CT molecular complexity index is 1020. The summed E-state index contributed by atoms with van der Waals surface area (Å²) in [7, 11) is 0. The van der Waals surface area contributed by atoms with Crippen molar-refractivity contribution < 1.29 is 23.1 Å². The smallest absolute Gasteiger partial charge is 0.253 e. The van der Waals surface area contributed by atoms with E-state index < -0.39 is 11.8 Å². The molecule has 0 aromatic heterocycles. The van der Waals surface area contributed by atoms with Gasteiger partial charge in [0.2, 0.25) is 0 Å². The summed E-state index contributed by atoms with van der Waals surface area (Å²) in [6.45, 7) is 4.37. The van der Waals surface area contributed by atoms with Crippen molar-refractivity contribution in [3.8, 4) is 5.75 Å². The van der Waals surface area contributed by atoms with E-state index in [1.54, 1.807) is 13.0 Å². The summed E-state index contributed by atoms with van der Waals surface area (Å²) in [5.74, 6) is -3.14. The normalized spacial score (nSPS) is 23.6. The zero-order valence-corrected chi connectivity index (χ0v) is 19.2. The Kier molecular flexibility index (Phi) is 6.94. The average molecular weight is 456 g/mol. The maximum absolute atomic E-state index is 14.1. The third kappa shape index (κ3) is 4.86. The second-order valence-corrected chi connectivity index (χ2v) is 9.16. The Morgan fingerprint density at radius 2 is 1.91 bits per heavy atom. The van der Waals surface area contributed by atoms with Crippen molar-refractivity contribution in [1.82, 2.24) is 5.32 Å². The molecule has 2 aliphatic rings. The van der Waals surface area contributed by atoms with Gasteiger partial charge >= 0.3 is 0 Å². The van der Waals surface area contributed by atoms with Crippen LogP contribution in [0.2, 0.25) is 0 Å². The first-order valence-corrected chi connectivity index (χ1v) is 11.9. The summed E-state index contributed by atoms with van der Waals surface area (Å²) in [4.78, 5) is 25.8. The molecular weight excluding hydrogens is 424 g/mol. The predicted octanol–water partition coefficient (Wildman–Crippen LogP) is 5.79. The molecule has 0 amide bonds. The summed E-state index contributed by atoms with van der Waals surface area (Å²) in [6.07, 6.45) is 0.850. The number of rotatable bonds is 8. The Hall–Kier alpha value is -2.60. The minimum Gasteiger partial charge on any atom is -0.489 e. The zero-order chi connectivity index (χ0) is 23.6. The lowest BCUT2D eigenvalue weighted by atomic mass is 9.85. The number of ketones is 2. The number of hydrogen-bond donors (Lipinski definition) is 1. The minimum atomic E-state index is -2.68. The third-order valence-corrected chi connectivity index (χ3v) is 6.91. The second-order valence-electron chi connectivity index (χ2n) is 9.16. The molecule has 0 bridgehead atoms. The molecule has 2 aliphatic heterocycles. The number of fused-ring (bicyclic) bond motifs is 1. The number of benzene rings is 2. The van der Waals surface area contributed by atoms with Crippen LogP contribution in [0.15, 0.2) is 42.5 Å². The second kappa shape index (κ2) is 9.72.